The van der Waals surface area contributed by atoms with Gasteiger partial charge in [0.25, 0.3) is 0 Å². The maximum atomic E-state index is 6.74. The molecule has 0 radical (unpaired) electrons. The molecule has 1 aliphatic heterocycles. The molecule has 3 fully saturated rings. The highest BCUT2D eigenvalue weighted by Gasteiger charge is 2.67. The summed E-state index contributed by atoms with van der Waals surface area (Å²) in [5.41, 5.74) is 6.80. The smallest absolute Gasteiger partial charge is 0.0691 e. The predicted octanol–water partition coefficient (Wildman–Crippen LogP) is 2.05. The van der Waals surface area contributed by atoms with Gasteiger partial charge in [-0.3, -0.25) is 0 Å². The number of nitrogens with two attached hydrogens (primary N) is 1. The Hall–Kier alpha value is -0.120. The quantitative estimate of drug-likeness (QED) is 0.808. The van der Waals surface area contributed by atoms with Crippen molar-refractivity contribution in [1.29, 1.82) is 0 Å². The van der Waals surface area contributed by atoms with E-state index in [0.29, 0.717) is 18.1 Å². The van der Waals surface area contributed by atoms with E-state index in [2.05, 4.69) is 19.2 Å². The molecule has 0 aromatic heterocycles. The van der Waals surface area contributed by atoms with Crippen molar-refractivity contribution in [3.05, 3.63) is 0 Å². The summed E-state index contributed by atoms with van der Waals surface area (Å²) in [4.78, 5) is 0. The van der Waals surface area contributed by atoms with Crippen LogP contribution in [-0.4, -0.2) is 30.8 Å². The van der Waals surface area contributed by atoms with Crippen molar-refractivity contribution < 1.29 is 4.74 Å². The van der Waals surface area contributed by atoms with Gasteiger partial charge in [-0.05, 0) is 19.3 Å². The highest BCUT2D eigenvalue weighted by Crippen LogP contribution is 2.57. The summed E-state index contributed by atoms with van der Waals surface area (Å²) in [7, 11) is 0. The second kappa shape index (κ2) is 4.46. The lowest BCUT2D eigenvalue weighted by Gasteiger charge is -2.62. The molecule has 3 nitrogen and oxygen atoms in total. The van der Waals surface area contributed by atoms with Crippen LogP contribution in [0.4, 0.5) is 0 Å². The molecule has 3 unspecified atom stereocenters. The zero-order valence-electron chi connectivity index (χ0n) is 11.9. The molecule has 2 saturated carbocycles. The fourth-order valence-corrected chi connectivity index (χ4v) is 4.45. The molecule has 1 heterocycles. The monoisotopic (exact) mass is 252 g/mol. The number of ether oxygens (including phenoxy) is 1. The largest absolute Gasteiger partial charge is 0.377 e. The first kappa shape index (κ1) is 12.9. The SMILES string of the molecule is CC1(C)C2OCCC2C1(N)CNC1CCCCC1. The van der Waals surface area contributed by atoms with Gasteiger partial charge in [0.2, 0.25) is 0 Å². The zero-order valence-corrected chi connectivity index (χ0v) is 11.9. The molecule has 0 bridgehead atoms. The third kappa shape index (κ3) is 1.75. The van der Waals surface area contributed by atoms with Crippen LogP contribution in [0, 0.1) is 11.3 Å². The molecule has 18 heavy (non-hydrogen) atoms. The van der Waals surface area contributed by atoms with Crippen LogP contribution >= 0.6 is 0 Å². The molecule has 0 spiro atoms. The molecule has 0 aromatic carbocycles. The molecule has 3 rings (SSSR count). The molecular formula is C15H28N2O. The molecule has 104 valence electrons. The number of fused-ring (bicyclic) bond motifs is 1. The van der Waals surface area contributed by atoms with Crippen molar-refractivity contribution in [2.24, 2.45) is 17.1 Å². The van der Waals surface area contributed by atoms with Crippen LogP contribution < -0.4 is 11.1 Å². The third-order valence-corrected chi connectivity index (χ3v) is 5.95. The van der Waals surface area contributed by atoms with Gasteiger partial charge in [-0.2, -0.15) is 0 Å². The molecule has 2 aliphatic carbocycles. The van der Waals surface area contributed by atoms with Crippen molar-refractivity contribution in [3.8, 4) is 0 Å². The normalized spacial score (nSPS) is 43.5. The van der Waals surface area contributed by atoms with Gasteiger partial charge in [0, 0.05) is 36.1 Å². The predicted molar refractivity (Wildman–Crippen MR) is 73.4 cm³/mol. The maximum absolute atomic E-state index is 6.74. The summed E-state index contributed by atoms with van der Waals surface area (Å²) in [5, 5.41) is 3.75. The van der Waals surface area contributed by atoms with Gasteiger partial charge in [-0.25, -0.2) is 0 Å². The van der Waals surface area contributed by atoms with Crippen LogP contribution in [0.3, 0.4) is 0 Å². The van der Waals surface area contributed by atoms with Crippen LogP contribution in [-0.2, 0) is 4.74 Å². The van der Waals surface area contributed by atoms with Gasteiger partial charge in [0.05, 0.1) is 6.10 Å². The van der Waals surface area contributed by atoms with Gasteiger partial charge in [0.1, 0.15) is 0 Å². The van der Waals surface area contributed by atoms with E-state index in [0.717, 1.165) is 19.6 Å². The van der Waals surface area contributed by atoms with E-state index >= 15 is 0 Å². The minimum absolute atomic E-state index is 0.0639. The molecule has 0 amide bonds. The fourth-order valence-electron chi connectivity index (χ4n) is 4.45. The van der Waals surface area contributed by atoms with Gasteiger partial charge in [-0.15, -0.1) is 0 Å². The molecular weight excluding hydrogens is 224 g/mol. The first-order chi connectivity index (χ1) is 8.56. The Morgan fingerprint density at radius 1 is 1.17 bits per heavy atom. The number of nitrogens with one attached hydrogen (secondary N) is 1. The summed E-state index contributed by atoms with van der Waals surface area (Å²) in [6, 6.07) is 0.705. The van der Waals surface area contributed by atoms with E-state index in [4.69, 9.17) is 10.5 Å². The molecule has 3 atom stereocenters. The van der Waals surface area contributed by atoms with Crippen molar-refractivity contribution in [2.45, 2.75) is 70.1 Å². The zero-order chi connectivity index (χ0) is 12.8. The van der Waals surface area contributed by atoms with E-state index < -0.39 is 0 Å². The van der Waals surface area contributed by atoms with Gasteiger partial charge < -0.3 is 15.8 Å². The van der Waals surface area contributed by atoms with Gasteiger partial charge >= 0.3 is 0 Å². The average molecular weight is 252 g/mol. The lowest BCUT2D eigenvalue weighted by Crippen LogP contribution is -2.78. The summed E-state index contributed by atoms with van der Waals surface area (Å²) in [6.45, 7) is 6.43. The van der Waals surface area contributed by atoms with Crippen LogP contribution in [0.5, 0.6) is 0 Å². The second-order valence-electron chi connectivity index (χ2n) is 7.16. The number of hydrogen-bond acceptors (Lipinski definition) is 3. The van der Waals surface area contributed by atoms with E-state index in [1.165, 1.54) is 32.1 Å². The van der Waals surface area contributed by atoms with Crippen molar-refractivity contribution in [3.63, 3.8) is 0 Å². The number of rotatable bonds is 3. The van der Waals surface area contributed by atoms with E-state index in [-0.39, 0.29) is 11.0 Å². The van der Waals surface area contributed by atoms with E-state index in [1.54, 1.807) is 0 Å². The number of hydrogen-bond donors (Lipinski definition) is 2. The van der Waals surface area contributed by atoms with Crippen molar-refractivity contribution in [1.82, 2.24) is 5.32 Å². The highest BCUT2D eigenvalue weighted by atomic mass is 16.5. The minimum Gasteiger partial charge on any atom is -0.377 e. The minimum atomic E-state index is -0.0639. The Morgan fingerprint density at radius 2 is 1.89 bits per heavy atom. The fraction of sp³-hybridized carbons (Fsp3) is 1.00. The Morgan fingerprint density at radius 3 is 2.61 bits per heavy atom. The first-order valence-electron chi connectivity index (χ1n) is 7.69. The van der Waals surface area contributed by atoms with Crippen LogP contribution in [0.15, 0.2) is 0 Å². The summed E-state index contributed by atoms with van der Waals surface area (Å²) in [5.74, 6) is 0.573. The Balaban J connectivity index is 1.60. The Labute approximate surface area is 111 Å². The van der Waals surface area contributed by atoms with Crippen molar-refractivity contribution in [2.75, 3.05) is 13.2 Å². The van der Waals surface area contributed by atoms with E-state index in [1.807, 2.05) is 0 Å². The van der Waals surface area contributed by atoms with Gasteiger partial charge in [-0.1, -0.05) is 33.1 Å². The third-order valence-electron chi connectivity index (χ3n) is 5.95. The lowest BCUT2D eigenvalue weighted by atomic mass is 9.48. The summed E-state index contributed by atoms with van der Waals surface area (Å²) in [6.07, 6.45) is 8.40. The molecule has 3 aliphatic rings. The van der Waals surface area contributed by atoms with Crippen molar-refractivity contribution >= 4 is 0 Å². The van der Waals surface area contributed by atoms with Gasteiger partial charge in [0.15, 0.2) is 0 Å². The second-order valence-corrected chi connectivity index (χ2v) is 7.16. The van der Waals surface area contributed by atoms with Crippen LogP contribution in [0.1, 0.15) is 52.4 Å². The standard InChI is InChI=1S/C15H28N2O/c1-14(2)13-12(8-9-18-13)15(14,16)10-17-11-6-4-3-5-7-11/h11-13,17H,3-10,16H2,1-2H3. The summed E-state index contributed by atoms with van der Waals surface area (Å²) < 4.78 is 5.85. The lowest BCUT2D eigenvalue weighted by molar-refractivity contribution is -0.154. The molecule has 3 N–H and O–H groups in total. The highest BCUT2D eigenvalue weighted by molar-refractivity contribution is 5.21. The Bertz CT molecular complexity index is 312. The average Bonchev–Trinajstić information content (AvgIpc) is 2.85. The first-order valence-corrected chi connectivity index (χ1v) is 7.69. The van der Waals surface area contributed by atoms with E-state index in [9.17, 15) is 0 Å². The Kier molecular flexibility index (Phi) is 3.20. The summed E-state index contributed by atoms with van der Waals surface area (Å²) >= 11 is 0. The maximum Gasteiger partial charge on any atom is 0.0691 e. The van der Waals surface area contributed by atoms with Crippen LogP contribution in [0.25, 0.3) is 0 Å². The van der Waals surface area contributed by atoms with Crippen LogP contribution in [0.2, 0.25) is 0 Å². The molecule has 1 saturated heterocycles. The molecule has 0 aromatic rings. The topological polar surface area (TPSA) is 47.3 Å². The molecule has 3 heteroatoms.